The van der Waals surface area contributed by atoms with Gasteiger partial charge in [-0.2, -0.15) is 0 Å². The number of hydrogen-bond donors (Lipinski definition) is 1. The summed E-state index contributed by atoms with van der Waals surface area (Å²) in [7, 11) is 0. The molecule has 0 aliphatic carbocycles. The summed E-state index contributed by atoms with van der Waals surface area (Å²) in [5, 5.41) is 3.43. The van der Waals surface area contributed by atoms with Gasteiger partial charge in [-0.25, -0.2) is 0 Å². The number of rotatable bonds is 5. The summed E-state index contributed by atoms with van der Waals surface area (Å²) in [6.07, 6.45) is 0.187. The molecule has 1 fully saturated rings. The van der Waals surface area contributed by atoms with Crippen molar-refractivity contribution in [3.63, 3.8) is 0 Å². The quantitative estimate of drug-likeness (QED) is 0.788. The van der Waals surface area contributed by atoms with Crippen LogP contribution >= 0.6 is 11.6 Å². The lowest BCUT2D eigenvalue weighted by Gasteiger charge is -2.36. The van der Waals surface area contributed by atoms with Crippen molar-refractivity contribution in [2.75, 3.05) is 50.8 Å². The number of nitrogens with zero attached hydrogens (tertiary/aromatic N) is 2. The van der Waals surface area contributed by atoms with Gasteiger partial charge >= 0.3 is 0 Å². The molecule has 2 aromatic rings. The van der Waals surface area contributed by atoms with E-state index in [1.165, 1.54) is 0 Å². The zero-order chi connectivity index (χ0) is 20.9. The molecule has 0 bridgehead atoms. The van der Waals surface area contributed by atoms with Gasteiger partial charge in [0.2, 0.25) is 11.8 Å². The molecular weight excluding hydrogens is 406 g/mol. The van der Waals surface area contributed by atoms with Gasteiger partial charge in [-0.15, -0.1) is 0 Å². The van der Waals surface area contributed by atoms with Crippen LogP contribution in [0.4, 0.5) is 5.69 Å². The molecule has 2 aliphatic heterocycles. The second-order valence-corrected chi connectivity index (χ2v) is 7.72. The first kappa shape index (κ1) is 20.3. The molecule has 2 heterocycles. The third kappa shape index (κ3) is 4.97. The number of hydrogen-bond acceptors (Lipinski definition) is 5. The van der Waals surface area contributed by atoms with E-state index in [4.69, 9.17) is 21.1 Å². The number of anilines is 1. The molecular formula is C22H24ClN3O4. The van der Waals surface area contributed by atoms with Crippen LogP contribution in [0.2, 0.25) is 5.02 Å². The van der Waals surface area contributed by atoms with E-state index in [2.05, 4.69) is 10.2 Å². The summed E-state index contributed by atoms with van der Waals surface area (Å²) < 4.78 is 11.0. The molecule has 2 aliphatic rings. The number of nitrogens with one attached hydrogen (secondary N) is 1. The maximum absolute atomic E-state index is 12.5. The molecule has 4 rings (SSSR count). The van der Waals surface area contributed by atoms with Crippen LogP contribution in [0.1, 0.15) is 5.56 Å². The summed E-state index contributed by atoms with van der Waals surface area (Å²) in [6.45, 7) is 3.73. The first-order valence-corrected chi connectivity index (χ1v) is 10.4. The summed E-state index contributed by atoms with van der Waals surface area (Å²) in [4.78, 5) is 28.7. The highest BCUT2D eigenvalue weighted by molar-refractivity contribution is 6.30. The molecule has 0 radical (unpaired) electrons. The Bertz CT molecular complexity index is 928. The van der Waals surface area contributed by atoms with E-state index in [1.807, 2.05) is 42.5 Å². The topological polar surface area (TPSA) is 71.1 Å². The Balaban J connectivity index is 1.22. The highest BCUT2D eigenvalue weighted by atomic mass is 35.5. The molecule has 0 spiro atoms. The van der Waals surface area contributed by atoms with Crippen LogP contribution in [0.5, 0.6) is 11.5 Å². The lowest BCUT2D eigenvalue weighted by atomic mass is 10.1. The van der Waals surface area contributed by atoms with Gasteiger partial charge in [-0.05, 0) is 35.9 Å². The van der Waals surface area contributed by atoms with Crippen LogP contribution < -0.4 is 19.7 Å². The van der Waals surface area contributed by atoms with Crippen molar-refractivity contribution in [3.8, 4) is 11.5 Å². The fourth-order valence-electron chi connectivity index (χ4n) is 3.62. The van der Waals surface area contributed by atoms with Crippen molar-refractivity contribution >= 4 is 29.1 Å². The second-order valence-electron chi connectivity index (χ2n) is 7.28. The number of halogens is 1. The van der Waals surface area contributed by atoms with Gasteiger partial charge in [-0.3, -0.25) is 9.59 Å². The van der Waals surface area contributed by atoms with E-state index in [9.17, 15) is 9.59 Å². The van der Waals surface area contributed by atoms with Gasteiger partial charge in [0, 0.05) is 36.9 Å². The van der Waals surface area contributed by atoms with Crippen LogP contribution in [0, 0.1) is 0 Å². The van der Waals surface area contributed by atoms with Crippen molar-refractivity contribution in [2.45, 2.75) is 6.42 Å². The monoisotopic (exact) mass is 429 g/mol. The van der Waals surface area contributed by atoms with E-state index >= 15 is 0 Å². The van der Waals surface area contributed by atoms with E-state index in [-0.39, 0.29) is 24.8 Å². The molecule has 30 heavy (non-hydrogen) atoms. The average molecular weight is 430 g/mol. The molecule has 1 N–H and O–H groups in total. The molecule has 0 atom stereocenters. The van der Waals surface area contributed by atoms with Gasteiger partial charge in [-0.1, -0.05) is 23.7 Å². The maximum Gasteiger partial charge on any atom is 0.242 e. The standard InChI is InChI=1S/C22H24ClN3O4/c23-17-2-1-3-18(14-17)25-6-8-26(9-7-25)22(28)15-24-21(27)13-16-4-5-19-20(12-16)30-11-10-29-19/h1-5,12,14H,6-11,13,15H2,(H,24,27). The summed E-state index contributed by atoms with van der Waals surface area (Å²) in [6, 6.07) is 13.2. The minimum Gasteiger partial charge on any atom is -0.486 e. The van der Waals surface area contributed by atoms with Crippen molar-refractivity contribution in [3.05, 3.63) is 53.1 Å². The van der Waals surface area contributed by atoms with Crippen molar-refractivity contribution in [1.29, 1.82) is 0 Å². The van der Waals surface area contributed by atoms with Gasteiger partial charge in [0.05, 0.1) is 13.0 Å². The Hall–Kier alpha value is -2.93. The number of carbonyl (C=O) groups excluding carboxylic acids is 2. The molecule has 0 saturated carbocycles. The molecule has 2 amide bonds. The SMILES string of the molecule is O=C(Cc1ccc2c(c1)OCCO2)NCC(=O)N1CCN(c2cccc(Cl)c2)CC1. The first-order valence-electron chi connectivity index (χ1n) is 10.0. The largest absolute Gasteiger partial charge is 0.486 e. The number of benzene rings is 2. The summed E-state index contributed by atoms with van der Waals surface area (Å²) in [5.74, 6) is 1.08. The van der Waals surface area contributed by atoms with Gasteiger partial charge < -0.3 is 24.6 Å². The minimum absolute atomic E-state index is 0.000546. The van der Waals surface area contributed by atoms with Gasteiger partial charge in [0.25, 0.3) is 0 Å². The zero-order valence-electron chi connectivity index (χ0n) is 16.6. The zero-order valence-corrected chi connectivity index (χ0v) is 17.4. The van der Waals surface area contributed by atoms with Crippen molar-refractivity contribution in [1.82, 2.24) is 10.2 Å². The predicted molar refractivity (Wildman–Crippen MR) is 114 cm³/mol. The molecule has 158 valence electrons. The fraction of sp³-hybridized carbons (Fsp3) is 0.364. The molecule has 0 unspecified atom stereocenters. The normalized spacial score (nSPS) is 15.6. The summed E-state index contributed by atoms with van der Waals surface area (Å²) in [5.41, 5.74) is 1.88. The van der Waals surface area contributed by atoms with E-state index in [0.29, 0.717) is 42.8 Å². The van der Waals surface area contributed by atoms with Crippen LogP contribution in [0.15, 0.2) is 42.5 Å². The number of fused-ring (bicyclic) bond motifs is 1. The molecule has 7 nitrogen and oxygen atoms in total. The van der Waals surface area contributed by atoms with Crippen LogP contribution in [0.25, 0.3) is 0 Å². The van der Waals surface area contributed by atoms with Gasteiger partial charge in [0.1, 0.15) is 13.2 Å². The number of amides is 2. The Morgan fingerprint density at radius 3 is 2.50 bits per heavy atom. The van der Waals surface area contributed by atoms with Gasteiger partial charge in [0.15, 0.2) is 11.5 Å². The Labute approximate surface area is 180 Å². The smallest absolute Gasteiger partial charge is 0.242 e. The molecule has 2 aromatic carbocycles. The lowest BCUT2D eigenvalue weighted by Crippen LogP contribution is -2.51. The number of carbonyl (C=O) groups is 2. The van der Waals surface area contributed by atoms with Crippen molar-refractivity contribution in [2.24, 2.45) is 0 Å². The third-order valence-corrected chi connectivity index (χ3v) is 5.45. The van der Waals surface area contributed by atoms with Crippen molar-refractivity contribution < 1.29 is 19.1 Å². The Kier molecular flexibility index (Phi) is 6.28. The average Bonchev–Trinajstić information content (AvgIpc) is 2.77. The lowest BCUT2D eigenvalue weighted by molar-refractivity contribution is -0.133. The number of ether oxygens (including phenoxy) is 2. The number of piperazine rings is 1. The van der Waals surface area contributed by atoms with E-state index < -0.39 is 0 Å². The Morgan fingerprint density at radius 2 is 1.73 bits per heavy atom. The molecule has 8 heteroatoms. The maximum atomic E-state index is 12.5. The summed E-state index contributed by atoms with van der Waals surface area (Å²) >= 11 is 6.06. The molecule has 0 aromatic heterocycles. The van der Waals surface area contributed by atoms with Crippen LogP contribution in [0.3, 0.4) is 0 Å². The Morgan fingerprint density at radius 1 is 0.967 bits per heavy atom. The minimum atomic E-state index is -0.197. The fourth-order valence-corrected chi connectivity index (χ4v) is 3.80. The van der Waals surface area contributed by atoms with E-state index in [1.54, 1.807) is 4.90 Å². The second kappa shape index (κ2) is 9.26. The highest BCUT2D eigenvalue weighted by Crippen LogP contribution is 2.30. The first-order chi connectivity index (χ1) is 14.6. The van der Waals surface area contributed by atoms with Crippen LogP contribution in [-0.4, -0.2) is 62.7 Å². The van der Waals surface area contributed by atoms with Crippen LogP contribution in [-0.2, 0) is 16.0 Å². The predicted octanol–water partition coefficient (Wildman–Crippen LogP) is 2.12. The highest BCUT2D eigenvalue weighted by Gasteiger charge is 2.22. The molecule has 1 saturated heterocycles. The third-order valence-electron chi connectivity index (χ3n) is 5.21. The van der Waals surface area contributed by atoms with E-state index in [0.717, 1.165) is 24.3 Å².